The maximum atomic E-state index is 12.0. The Morgan fingerprint density at radius 3 is 2.37 bits per heavy atom. The largest absolute Gasteiger partial charge is 0.339 e. The summed E-state index contributed by atoms with van der Waals surface area (Å²) in [6.07, 6.45) is 0. The van der Waals surface area contributed by atoms with Crippen LogP contribution in [-0.2, 0) is 0 Å². The van der Waals surface area contributed by atoms with Gasteiger partial charge >= 0.3 is 6.03 Å². The van der Waals surface area contributed by atoms with Crippen molar-refractivity contribution < 1.29 is 9.59 Å². The number of hydrogen-bond acceptors (Lipinski definition) is 2. The topological polar surface area (TPSA) is 49.4 Å². The van der Waals surface area contributed by atoms with Gasteiger partial charge in [-0.3, -0.25) is 4.79 Å². The predicted molar refractivity (Wildman–Crippen MR) is 75.8 cm³/mol. The summed E-state index contributed by atoms with van der Waals surface area (Å²) < 4.78 is 0.850. The van der Waals surface area contributed by atoms with E-state index in [4.69, 9.17) is 0 Å². The first-order valence-electron chi connectivity index (χ1n) is 5.51. The number of halogens is 1. The van der Waals surface area contributed by atoms with Crippen molar-refractivity contribution in [3.8, 4) is 0 Å². The highest BCUT2D eigenvalue weighted by atomic mass is 79.9. The minimum atomic E-state index is -0.573. The van der Waals surface area contributed by atoms with Crippen LogP contribution in [0.25, 0.3) is 0 Å². The van der Waals surface area contributed by atoms with E-state index in [1.807, 2.05) is 0 Å². The minimum absolute atomic E-state index is 0.423. The molecule has 3 amide bonds. The monoisotopic (exact) mass is 317 g/mol. The number of benzene rings is 2. The van der Waals surface area contributed by atoms with Crippen LogP contribution in [0.15, 0.2) is 54.6 Å². The van der Waals surface area contributed by atoms with Crippen LogP contribution in [0, 0.1) is 6.07 Å². The minimum Gasteiger partial charge on any atom is -0.306 e. The summed E-state index contributed by atoms with van der Waals surface area (Å²) in [6, 6.07) is 17.7. The van der Waals surface area contributed by atoms with Gasteiger partial charge in [0.25, 0.3) is 5.91 Å². The Labute approximate surface area is 119 Å². The summed E-state index contributed by atoms with van der Waals surface area (Å²) in [6.45, 7) is 0. The zero-order chi connectivity index (χ0) is 13.7. The van der Waals surface area contributed by atoms with E-state index in [9.17, 15) is 9.59 Å². The maximum absolute atomic E-state index is 12.0. The molecule has 1 radical (unpaired) electrons. The molecule has 1 N–H and O–H groups in total. The smallest absolute Gasteiger partial charge is 0.306 e. The molecule has 0 fully saturated rings. The molecule has 19 heavy (non-hydrogen) atoms. The lowest BCUT2D eigenvalue weighted by molar-refractivity contribution is 0.0905. The Balaban J connectivity index is 2.06. The number of amides is 3. The molecule has 0 atom stereocenters. The van der Waals surface area contributed by atoms with Crippen molar-refractivity contribution in [2.24, 2.45) is 0 Å². The van der Waals surface area contributed by atoms with E-state index >= 15 is 0 Å². The predicted octanol–water partition coefficient (Wildman–Crippen LogP) is 3.47. The lowest BCUT2D eigenvalue weighted by Crippen LogP contribution is -2.32. The molecular weight excluding hydrogens is 308 g/mol. The number of anilines is 1. The van der Waals surface area contributed by atoms with Gasteiger partial charge in [0.15, 0.2) is 0 Å². The Morgan fingerprint density at radius 2 is 1.74 bits per heavy atom. The second-order valence-electron chi connectivity index (χ2n) is 3.66. The molecule has 0 saturated heterocycles. The quantitative estimate of drug-likeness (QED) is 0.862. The number of nitrogens with one attached hydrogen (secondary N) is 1. The Bertz CT molecular complexity index is 573. The Kier molecular flexibility index (Phi) is 4.30. The molecule has 2 rings (SSSR count). The van der Waals surface area contributed by atoms with Gasteiger partial charge in [-0.25, -0.2) is 4.79 Å². The Hall–Kier alpha value is -2.14. The van der Waals surface area contributed by atoms with Crippen molar-refractivity contribution in [1.29, 1.82) is 0 Å². The van der Waals surface area contributed by atoms with Crippen molar-refractivity contribution in [2.75, 3.05) is 5.32 Å². The van der Waals surface area contributed by atoms with Crippen LogP contribution in [0.4, 0.5) is 10.5 Å². The van der Waals surface area contributed by atoms with E-state index in [1.165, 1.54) is 0 Å². The highest BCUT2D eigenvalue weighted by molar-refractivity contribution is 9.08. The first kappa shape index (κ1) is 13.3. The molecule has 0 heterocycles. The van der Waals surface area contributed by atoms with Crippen molar-refractivity contribution in [3.63, 3.8) is 0 Å². The van der Waals surface area contributed by atoms with E-state index < -0.39 is 11.9 Å². The zero-order valence-corrected chi connectivity index (χ0v) is 11.4. The number of para-hydroxylation sites is 1. The van der Waals surface area contributed by atoms with E-state index in [1.54, 1.807) is 54.6 Å². The molecule has 5 heteroatoms. The summed E-state index contributed by atoms with van der Waals surface area (Å²) >= 11 is 2.96. The fourth-order valence-electron chi connectivity index (χ4n) is 1.42. The molecule has 2 aromatic rings. The standard InChI is InChI=1S/C14H10BrN2O2/c15-17(13(18)11-7-3-1-4-8-11)14(19)16-12-9-5-2-6-10-12/h1-9H,(H,16,19). The van der Waals surface area contributed by atoms with E-state index in [2.05, 4.69) is 27.5 Å². The third-order valence-corrected chi connectivity index (χ3v) is 2.97. The van der Waals surface area contributed by atoms with Crippen LogP contribution in [0.5, 0.6) is 0 Å². The highest BCUT2D eigenvalue weighted by Gasteiger charge is 2.20. The van der Waals surface area contributed by atoms with Gasteiger partial charge < -0.3 is 5.32 Å². The molecule has 0 bridgehead atoms. The Morgan fingerprint density at radius 1 is 1.05 bits per heavy atom. The second kappa shape index (κ2) is 6.15. The molecule has 4 nitrogen and oxygen atoms in total. The number of urea groups is 1. The lowest BCUT2D eigenvalue weighted by atomic mass is 10.2. The van der Waals surface area contributed by atoms with Gasteiger partial charge in [0.05, 0.1) is 21.8 Å². The normalized spacial score (nSPS) is 9.74. The van der Waals surface area contributed by atoms with Crippen LogP contribution >= 0.6 is 16.1 Å². The summed E-state index contributed by atoms with van der Waals surface area (Å²) in [7, 11) is 0. The number of carbonyl (C=O) groups is 2. The van der Waals surface area contributed by atoms with E-state index in [-0.39, 0.29) is 0 Å². The van der Waals surface area contributed by atoms with Gasteiger partial charge in [-0.1, -0.05) is 36.4 Å². The van der Waals surface area contributed by atoms with Crippen LogP contribution in [0.2, 0.25) is 0 Å². The van der Waals surface area contributed by atoms with Gasteiger partial charge in [-0.15, -0.1) is 0 Å². The van der Waals surface area contributed by atoms with Gasteiger partial charge in [-0.05, 0) is 18.2 Å². The number of nitrogens with zero attached hydrogens (tertiary/aromatic N) is 1. The molecule has 2 aromatic carbocycles. The van der Waals surface area contributed by atoms with Gasteiger partial charge in [0, 0.05) is 11.6 Å². The van der Waals surface area contributed by atoms with Crippen LogP contribution in [0.3, 0.4) is 0 Å². The zero-order valence-electron chi connectivity index (χ0n) is 9.84. The molecule has 0 aliphatic carbocycles. The van der Waals surface area contributed by atoms with Crippen LogP contribution < -0.4 is 5.32 Å². The molecule has 0 unspecified atom stereocenters. The van der Waals surface area contributed by atoms with Crippen molar-refractivity contribution in [3.05, 3.63) is 66.2 Å². The molecule has 0 aromatic heterocycles. The SMILES string of the molecule is O=C(Nc1[c]cccc1)N(Br)C(=O)c1ccccc1. The lowest BCUT2D eigenvalue weighted by Gasteiger charge is -2.13. The highest BCUT2D eigenvalue weighted by Crippen LogP contribution is 2.12. The van der Waals surface area contributed by atoms with E-state index in [0.29, 0.717) is 11.3 Å². The summed E-state index contributed by atoms with van der Waals surface area (Å²) in [5.74, 6) is -0.436. The first-order valence-corrected chi connectivity index (χ1v) is 6.22. The number of imide groups is 1. The molecule has 0 saturated carbocycles. The van der Waals surface area contributed by atoms with Gasteiger partial charge in [0.2, 0.25) is 0 Å². The molecular formula is C14H10BrN2O2. The maximum Gasteiger partial charge on any atom is 0.339 e. The van der Waals surface area contributed by atoms with Gasteiger partial charge in [-0.2, -0.15) is 3.93 Å². The third kappa shape index (κ3) is 3.42. The third-order valence-electron chi connectivity index (χ3n) is 2.33. The fraction of sp³-hybridized carbons (Fsp3) is 0. The molecule has 0 aliphatic heterocycles. The number of rotatable bonds is 2. The van der Waals surface area contributed by atoms with Crippen molar-refractivity contribution in [1.82, 2.24) is 3.93 Å². The average molecular weight is 318 g/mol. The van der Waals surface area contributed by atoms with Crippen molar-refractivity contribution >= 4 is 33.8 Å². The molecule has 0 spiro atoms. The van der Waals surface area contributed by atoms with Crippen molar-refractivity contribution in [2.45, 2.75) is 0 Å². The second-order valence-corrected chi connectivity index (χ2v) is 4.37. The first-order chi connectivity index (χ1) is 9.18. The van der Waals surface area contributed by atoms with Gasteiger partial charge in [0.1, 0.15) is 0 Å². The summed E-state index contributed by atoms with van der Waals surface area (Å²) in [5.41, 5.74) is 0.921. The molecule has 0 aliphatic rings. The molecule has 95 valence electrons. The van der Waals surface area contributed by atoms with E-state index in [0.717, 1.165) is 3.93 Å². The van der Waals surface area contributed by atoms with Crippen LogP contribution in [-0.4, -0.2) is 15.9 Å². The fourth-order valence-corrected chi connectivity index (χ4v) is 1.72. The number of carbonyl (C=O) groups excluding carboxylic acids is 2. The summed E-state index contributed by atoms with van der Waals surface area (Å²) in [5, 5.41) is 2.56. The summed E-state index contributed by atoms with van der Waals surface area (Å²) in [4.78, 5) is 23.8. The number of hydrogen-bond donors (Lipinski definition) is 1. The van der Waals surface area contributed by atoms with Crippen LogP contribution in [0.1, 0.15) is 10.4 Å². The average Bonchev–Trinajstić information content (AvgIpc) is 2.47.